The SMILES string of the molecule is CCCC.N#Cc1ccc(Oc2cccc3c2CCC3Oc2ccc(-c3cc(=O)[nH]s3)cc2)cc1N1CCOC1=O. The predicted octanol–water partition coefficient (Wildman–Crippen LogP) is 7.60. The molecule has 1 fully saturated rings. The lowest BCUT2D eigenvalue weighted by Crippen LogP contribution is -2.24. The number of benzene rings is 3. The number of carbonyl (C=O) groups excluding carboxylic acids is 1. The van der Waals surface area contributed by atoms with Crippen LogP contribution < -0.4 is 19.9 Å². The van der Waals surface area contributed by atoms with Gasteiger partial charge in [-0.15, -0.1) is 0 Å². The van der Waals surface area contributed by atoms with E-state index in [9.17, 15) is 14.9 Å². The van der Waals surface area contributed by atoms with E-state index in [1.54, 1.807) is 24.3 Å². The third kappa shape index (κ3) is 6.28. The maximum atomic E-state index is 12.1. The zero-order chi connectivity index (χ0) is 28.8. The Balaban J connectivity index is 0.000000794. The quantitative estimate of drug-likeness (QED) is 0.246. The van der Waals surface area contributed by atoms with Crippen LogP contribution >= 0.6 is 11.5 Å². The Labute approximate surface area is 242 Å². The number of H-pyrrole nitrogens is 1. The fourth-order valence-electron chi connectivity index (χ4n) is 4.72. The summed E-state index contributed by atoms with van der Waals surface area (Å²) in [6.45, 7) is 5.04. The molecule has 0 saturated carbocycles. The summed E-state index contributed by atoms with van der Waals surface area (Å²) in [5, 5.41) is 9.50. The minimum absolute atomic E-state index is 0.100. The molecule has 2 aliphatic rings. The highest BCUT2D eigenvalue weighted by Crippen LogP contribution is 2.41. The van der Waals surface area contributed by atoms with Crippen LogP contribution in [0.1, 0.15) is 55.9 Å². The number of nitrogens with one attached hydrogen (secondary N) is 1. The highest BCUT2D eigenvalue weighted by Gasteiger charge is 2.29. The van der Waals surface area contributed by atoms with Crippen molar-refractivity contribution in [2.45, 2.75) is 45.6 Å². The molecule has 2 heterocycles. The van der Waals surface area contributed by atoms with Crippen molar-refractivity contribution in [3.05, 3.63) is 93.8 Å². The number of anilines is 1. The number of cyclic esters (lactones) is 1. The van der Waals surface area contributed by atoms with E-state index in [1.165, 1.54) is 29.3 Å². The zero-order valence-electron chi connectivity index (χ0n) is 23.0. The first-order valence-corrected chi connectivity index (χ1v) is 14.6. The Morgan fingerprint density at radius 2 is 1.83 bits per heavy atom. The zero-order valence-corrected chi connectivity index (χ0v) is 23.8. The van der Waals surface area contributed by atoms with Gasteiger partial charge in [-0.25, -0.2) is 4.79 Å². The maximum Gasteiger partial charge on any atom is 0.414 e. The number of unbranched alkanes of at least 4 members (excludes halogenated alkanes) is 1. The number of carbonyl (C=O) groups is 1. The van der Waals surface area contributed by atoms with E-state index in [1.807, 2.05) is 36.4 Å². The number of ether oxygens (including phenoxy) is 3. The first-order chi connectivity index (χ1) is 20.0. The number of nitriles is 1. The molecule has 4 aromatic rings. The number of amides is 1. The normalized spacial score (nSPS) is 15.4. The van der Waals surface area contributed by atoms with Crippen molar-refractivity contribution in [2.75, 3.05) is 18.1 Å². The van der Waals surface area contributed by atoms with Gasteiger partial charge in [-0.2, -0.15) is 5.26 Å². The fourth-order valence-corrected chi connectivity index (χ4v) is 5.41. The smallest absolute Gasteiger partial charge is 0.414 e. The summed E-state index contributed by atoms with van der Waals surface area (Å²) in [5.41, 5.74) is 3.87. The molecule has 1 amide bonds. The van der Waals surface area contributed by atoms with Crippen LogP contribution in [0, 0.1) is 11.3 Å². The molecule has 1 saturated heterocycles. The van der Waals surface area contributed by atoms with E-state index in [2.05, 4.69) is 30.4 Å². The minimum Gasteiger partial charge on any atom is -0.486 e. The van der Waals surface area contributed by atoms with E-state index in [0.29, 0.717) is 30.2 Å². The summed E-state index contributed by atoms with van der Waals surface area (Å²) in [7, 11) is 0. The molecule has 1 aliphatic carbocycles. The topological polar surface area (TPSA) is 105 Å². The van der Waals surface area contributed by atoms with Crippen LogP contribution in [0.15, 0.2) is 71.5 Å². The minimum atomic E-state index is -0.467. The van der Waals surface area contributed by atoms with Crippen LogP contribution in [-0.2, 0) is 11.2 Å². The van der Waals surface area contributed by atoms with Crippen LogP contribution in [0.4, 0.5) is 10.5 Å². The summed E-state index contributed by atoms with van der Waals surface area (Å²) in [5.74, 6) is 2.01. The Morgan fingerprint density at radius 3 is 2.49 bits per heavy atom. The third-order valence-corrected chi connectivity index (χ3v) is 7.86. The maximum absolute atomic E-state index is 12.1. The molecule has 1 atom stereocenters. The average molecular weight is 570 g/mol. The predicted molar refractivity (Wildman–Crippen MR) is 159 cm³/mol. The van der Waals surface area contributed by atoms with Crippen LogP contribution in [0.3, 0.4) is 0 Å². The summed E-state index contributed by atoms with van der Waals surface area (Å²) in [4.78, 5) is 25.8. The van der Waals surface area contributed by atoms with Crippen molar-refractivity contribution in [3.63, 3.8) is 0 Å². The van der Waals surface area contributed by atoms with Crippen LogP contribution in [0.5, 0.6) is 17.2 Å². The molecule has 9 heteroatoms. The van der Waals surface area contributed by atoms with Crippen molar-refractivity contribution < 1.29 is 19.0 Å². The Hall–Kier alpha value is -4.55. The van der Waals surface area contributed by atoms with Gasteiger partial charge in [0.2, 0.25) is 0 Å². The Morgan fingerprint density at radius 1 is 1.05 bits per heavy atom. The van der Waals surface area contributed by atoms with Gasteiger partial charge >= 0.3 is 6.09 Å². The molecular weight excluding hydrogens is 538 g/mol. The highest BCUT2D eigenvalue weighted by molar-refractivity contribution is 7.09. The molecule has 0 radical (unpaired) electrons. The van der Waals surface area contributed by atoms with Gasteiger partial charge in [0, 0.05) is 17.7 Å². The van der Waals surface area contributed by atoms with Gasteiger partial charge in [0.1, 0.15) is 36.0 Å². The third-order valence-electron chi connectivity index (χ3n) is 6.98. The van der Waals surface area contributed by atoms with Gasteiger partial charge in [0.25, 0.3) is 5.56 Å². The molecule has 1 aromatic heterocycles. The first kappa shape index (κ1) is 28.0. The fraction of sp³-hybridized carbons (Fsp3) is 0.281. The molecule has 1 aliphatic heterocycles. The first-order valence-electron chi connectivity index (χ1n) is 13.7. The molecule has 0 spiro atoms. The van der Waals surface area contributed by atoms with Crippen molar-refractivity contribution in [2.24, 2.45) is 0 Å². The summed E-state index contributed by atoms with van der Waals surface area (Å²) < 4.78 is 20.3. The monoisotopic (exact) mass is 569 g/mol. The second-order valence-electron chi connectivity index (χ2n) is 9.73. The second-order valence-corrected chi connectivity index (χ2v) is 10.6. The van der Waals surface area contributed by atoms with Gasteiger partial charge in [0.15, 0.2) is 0 Å². The van der Waals surface area contributed by atoms with Gasteiger partial charge < -0.3 is 14.2 Å². The van der Waals surface area contributed by atoms with E-state index < -0.39 is 6.09 Å². The number of hydrogen-bond donors (Lipinski definition) is 1. The molecule has 0 bridgehead atoms. The molecule has 210 valence electrons. The van der Waals surface area contributed by atoms with Gasteiger partial charge in [0.05, 0.1) is 22.7 Å². The van der Waals surface area contributed by atoms with Crippen LogP contribution in [0.25, 0.3) is 10.4 Å². The summed E-state index contributed by atoms with van der Waals surface area (Å²) >= 11 is 1.31. The van der Waals surface area contributed by atoms with Gasteiger partial charge in [-0.3, -0.25) is 14.1 Å². The lowest BCUT2D eigenvalue weighted by Gasteiger charge is -2.18. The standard InChI is InChI=1S/C28H21N3O5S.C4H10/c29-16-18-6-9-20(14-23(18)31-12-13-34-28(31)33)36-24-3-1-2-21-22(24)10-11-25(21)35-19-7-4-17(5-8-19)26-15-27(32)30-37-26;1-3-4-2/h1-9,14-15,25H,10-13H2,(H,30,32);3-4H2,1-2H3. The van der Waals surface area contributed by atoms with Crippen LogP contribution in [0.2, 0.25) is 0 Å². The Kier molecular flexibility index (Phi) is 8.70. The van der Waals surface area contributed by atoms with E-state index in [-0.39, 0.29) is 11.7 Å². The number of hydrogen-bond acceptors (Lipinski definition) is 7. The van der Waals surface area contributed by atoms with Crippen molar-refractivity contribution >= 4 is 23.3 Å². The largest absolute Gasteiger partial charge is 0.486 e. The lowest BCUT2D eigenvalue weighted by molar-refractivity contribution is 0.181. The molecular formula is C32H31N3O5S. The summed E-state index contributed by atoms with van der Waals surface area (Å²) in [6, 6.07) is 22.4. The van der Waals surface area contributed by atoms with E-state index >= 15 is 0 Å². The molecule has 1 N–H and O–H groups in total. The molecule has 3 aromatic carbocycles. The number of aromatic amines is 1. The molecule has 1 unspecified atom stereocenters. The van der Waals surface area contributed by atoms with Gasteiger partial charge in [-0.05, 0) is 66.4 Å². The van der Waals surface area contributed by atoms with E-state index in [0.717, 1.165) is 45.9 Å². The van der Waals surface area contributed by atoms with Gasteiger partial charge in [-0.1, -0.05) is 50.4 Å². The Bertz CT molecular complexity index is 1620. The van der Waals surface area contributed by atoms with E-state index in [4.69, 9.17) is 14.2 Å². The molecule has 8 nitrogen and oxygen atoms in total. The number of rotatable bonds is 7. The van der Waals surface area contributed by atoms with Crippen molar-refractivity contribution in [1.29, 1.82) is 5.26 Å². The molecule has 41 heavy (non-hydrogen) atoms. The number of aromatic nitrogens is 1. The van der Waals surface area contributed by atoms with Crippen molar-refractivity contribution in [3.8, 4) is 33.8 Å². The number of nitrogens with zero attached hydrogens (tertiary/aromatic N) is 2. The lowest BCUT2D eigenvalue weighted by atomic mass is 10.1. The number of fused-ring (bicyclic) bond motifs is 1. The van der Waals surface area contributed by atoms with Crippen LogP contribution in [-0.4, -0.2) is 23.6 Å². The summed E-state index contributed by atoms with van der Waals surface area (Å²) in [6.07, 6.45) is 3.68. The van der Waals surface area contributed by atoms with Crippen molar-refractivity contribution in [1.82, 2.24) is 4.37 Å². The average Bonchev–Trinajstić information content (AvgIpc) is 3.74. The highest BCUT2D eigenvalue weighted by atomic mass is 32.1. The second kappa shape index (κ2) is 12.7. The molecule has 6 rings (SSSR count).